The number of hydrogen-bond donors (Lipinski definition) is 1. The molecule has 1 saturated carbocycles. The fourth-order valence-corrected chi connectivity index (χ4v) is 3.25. The van der Waals surface area contributed by atoms with E-state index in [9.17, 15) is 4.79 Å². The highest BCUT2D eigenvalue weighted by Crippen LogP contribution is 2.28. The maximum absolute atomic E-state index is 11.8. The number of aryl methyl sites for hydroxylation is 1. The molecule has 0 aromatic carbocycles. The third kappa shape index (κ3) is 3.30. The second kappa shape index (κ2) is 6.48. The summed E-state index contributed by atoms with van der Waals surface area (Å²) in [4.78, 5) is 11.8. The number of nitrogens with zero attached hydrogens (tertiary/aromatic N) is 2. The largest absolute Gasteiger partial charge is 0.465 e. The first-order valence-electron chi connectivity index (χ1n) is 7.99. The van der Waals surface area contributed by atoms with Crippen LogP contribution < -0.4 is 10.9 Å². The van der Waals surface area contributed by atoms with Crippen molar-refractivity contribution < 1.29 is 4.42 Å². The van der Waals surface area contributed by atoms with Crippen molar-refractivity contribution >= 4 is 0 Å². The van der Waals surface area contributed by atoms with Gasteiger partial charge in [-0.25, -0.2) is 4.68 Å². The van der Waals surface area contributed by atoms with E-state index < -0.39 is 0 Å². The van der Waals surface area contributed by atoms with E-state index >= 15 is 0 Å². The molecular formula is C17H23N3O2. The molecule has 3 rings (SSSR count). The Hall–Kier alpha value is -1.88. The Labute approximate surface area is 130 Å². The number of nitrogens with one attached hydrogen (secondary N) is 1. The number of hydrogen-bond acceptors (Lipinski definition) is 4. The molecule has 22 heavy (non-hydrogen) atoms. The van der Waals surface area contributed by atoms with Crippen molar-refractivity contribution in [2.75, 3.05) is 0 Å². The molecule has 1 fully saturated rings. The van der Waals surface area contributed by atoms with E-state index in [1.54, 1.807) is 23.0 Å². The Morgan fingerprint density at radius 3 is 2.68 bits per heavy atom. The van der Waals surface area contributed by atoms with E-state index in [1.807, 2.05) is 19.1 Å². The molecule has 2 heterocycles. The zero-order valence-corrected chi connectivity index (χ0v) is 13.2. The molecule has 1 N–H and O–H groups in total. The molecule has 5 heteroatoms. The molecule has 5 nitrogen and oxygen atoms in total. The van der Waals surface area contributed by atoms with Crippen molar-refractivity contribution in [3.63, 3.8) is 0 Å². The molecule has 1 unspecified atom stereocenters. The summed E-state index contributed by atoms with van der Waals surface area (Å²) >= 11 is 0. The predicted molar refractivity (Wildman–Crippen MR) is 84.8 cm³/mol. The number of aromatic nitrogens is 2. The third-order valence-electron chi connectivity index (χ3n) is 4.46. The lowest BCUT2D eigenvalue weighted by Gasteiger charge is -2.31. The predicted octanol–water partition coefficient (Wildman–Crippen LogP) is 2.98. The van der Waals surface area contributed by atoms with Gasteiger partial charge >= 0.3 is 0 Å². The summed E-state index contributed by atoms with van der Waals surface area (Å²) in [6.07, 6.45) is 5.76. The van der Waals surface area contributed by atoms with E-state index in [-0.39, 0.29) is 17.6 Å². The van der Waals surface area contributed by atoms with Crippen LogP contribution >= 0.6 is 0 Å². The lowest BCUT2D eigenvalue weighted by Crippen LogP contribution is -2.37. The molecule has 118 valence electrons. The molecule has 0 amide bonds. The second-order valence-electron chi connectivity index (χ2n) is 6.15. The van der Waals surface area contributed by atoms with Gasteiger partial charge in [-0.1, -0.05) is 0 Å². The van der Waals surface area contributed by atoms with Crippen molar-refractivity contribution in [3.05, 3.63) is 52.3 Å². The minimum atomic E-state index is -0.00154. The van der Waals surface area contributed by atoms with Crippen LogP contribution in [0.4, 0.5) is 0 Å². The molecule has 0 radical (unpaired) electrons. The van der Waals surface area contributed by atoms with Crippen LogP contribution in [0.1, 0.15) is 56.2 Å². The molecular weight excluding hydrogens is 278 g/mol. The number of rotatable bonds is 4. The van der Waals surface area contributed by atoms with Gasteiger partial charge in [0.1, 0.15) is 11.5 Å². The summed E-state index contributed by atoms with van der Waals surface area (Å²) in [7, 11) is 0. The molecule has 1 atom stereocenters. The standard InChI is InChI=1S/C17H23N3O2/c1-12-5-10-16(22-12)13(2)19-14-6-8-15(9-7-14)20-17(21)4-3-11-18-20/h3-5,10-11,13-15,19H,6-9H2,1-2H3. The van der Waals surface area contributed by atoms with Crippen LogP contribution in [-0.4, -0.2) is 15.8 Å². The topological polar surface area (TPSA) is 60.1 Å². The average Bonchev–Trinajstić information content (AvgIpc) is 2.95. The van der Waals surface area contributed by atoms with Gasteiger partial charge in [-0.3, -0.25) is 4.79 Å². The molecule has 0 bridgehead atoms. The summed E-state index contributed by atoms with van der Waals surface area (Å²) < 4.78 is 7.31. The van der Waals surface area contributed by atoms with E-state index in [0.717, 1.165) is 37.2 Å². The Morgan fingerprint density at radius 1 is 1.27 bits per heavy atom. The SMILES string of the molecule is Cc1ccc(C(C)NC2CCC(n3ncccc3=O)CC2)o1. The zero-order chi connectivity index (χ0) is 15.5. The van der Waals surface area contributed by atoms with Crippen LogP contribution in [-0.2, 0) is 0 Å². The van der Waals surface area contributed by atoms with Crippen molar-refractivity contribution in [1.29, 1.82) is 0 Å². The van der Waals surface area contributed by atoms with Crippen LogP contribution in [0.3, 0.4) is 0 Å². The van der Waals surface area contributed by atoms with Crippen LogP contribution in [0.2, 0.25) is 0 Å². The second-order valence-corrected chi connectivity index (χ2v) is 6.15. The number of furan rings is 1. The summed E-state index contributed by atoms with van der Waals surface area (Å²) in [5, 5.41) is 7.84. The monoisotopic (exact) mass is 301 g/mol. The molecule has 0 aliphatic heterocycles. The lowest BCUT2D eigenvalue weighted by molar-refractivity contribution is 0.252. The molecule has 0 saturated heterocycles. The third-order valence-corrected chi connectivity index (χ3v) is 4.46. The van der Waals surface area contributed by atoms with Crippen molar-refractivity contribution in [2.45, 2.75) is 57.7 Å². The molecule has 1 aliphatic rings. The smallest absolute Gasteiger partial charge is 0.266 e. The van der Waals surface area contributed by atoms with Gasteiger partial charge in [-0.05, 0) is 57.7 Å². The van der Waals surface area contributed by atoms with Gasteiger partial charge in [0.25, 0.3) is 5.56 Å². The van der Waals surface area contributed by atoms with Crippen LogP contribution in [0.25, 0.3) is 0 Å². The minimum absolute atomic E-state index is 0.00154. The fourth-order valence-electron chi connectivity index (χ4n) is 3.25. The zero-order valence-electron chi connectivity index (χ0n) is 13.2. The molecule has 0 spiro atoms. The highest BCUT2D eigenvalue weighted by Gasteiger charge is 2.25. The Balaban J connectivity index is 1.56. The minimum Gasteiger partial charge on any atom is -0.465 e. The maximum Gasteiger partial charge on any atom is 0.266 e. The van der Waals surface area contributed by atoms with Gasteiger partial charge in [0.15, 0.2) is 0 Å². The highest BCUT2D eigenvalue weighted by atomic mass is 16.3. The van der Waals surface area contributed by atoms with E-state index in [1.165, 1.54) is 0 Å². The van der Waals surface area contributed by atoms with Crippen molar-refractivity contribution in [3.8, 4) is 0 Å². The normalized spacial score (nSPS) is 23.4. The average molecular weight is 301 g/mol. The van der Waals surface area contributed by atoms with E-state index in [2.05, 4.69) is 17.3 Å². The van der Waals surface area contributed by atoms with Gasteiger partial charge in [0.2, 0.25) is 0 Å². The fraction of sp³-hybridized carbons (Fsp3) is 0.529. The van der Waals surface area contributed by atoms with Gasteiger partial charge in [0.05, 0.1) is 12.1 Å². The van der Waals surface area contributed by atoms with E-state index in [0.29, 0.717) is 6.04 Å². The summed E-state index contributed by atoms with van der Waals surface area (Å²) in [5.74, 6) is 1.93. The summed E-state index contributed by atoms with van der Waals surface area (Å²) in [5.41, 5.74) is -0.00154. The Bertz CT molecular complexity index is 668. The Kier molecular flexibility index (Phi) is 4.43. The molecule has 2 aromatic heterocycles. The van der Waals surface area contributed by atoms with Gasteiger partial charge in [-0.2, -0.15) is 5.10 Å². The Morgan fingerprint density at radius 2 is 2.05 bits per heavy atom. The van der Waals surface area contributed by atoms with E-state index in [4.69, 9.17) is 4.42 Å². The lowest BCUT2D eigenvalue weighted by atomic mass is 9.90. The summed E-state index contributed by atoms with van der Waals surface area (Å²) in [6.45, 7) is 4.10. The van der Waals surface area contributed by atoms with Gasteiger partial charge in [0, 0.05) is 18.3 Å². The van der Waals surface area contributed by atoms with Gasteiger partial charge in [-0.15, -0.1) is 0 Å². The van der Waals surface area contributed by atoms with Crippen molar-refractivity contribution in [1.82, 2.24) is 15.1 Å². The highest BCUT2D eigenvalue weighted by molar-refractivity contribution is 5.09. The molecule has 1 aliphatic carbocycles. The summed E-state index contributed by atoms with van der Waals surface area (Å²) in [6, 6.07) is 8.22. The van der Waals surface area contributed by atoms with Crippen molar-refractivity contribution in [2.24, 2.45) is 0 Å². The van der Waals surface area contributed by atoms with Crippen LogP contribution in [0.5, 0.6) is 0 Å². The van der Waals surface area contributed by atoms with Crippen LogP contribution in [0, 0.1) is 6.92 Å². The molecule has 2 aromatic rings. The first-order chi connectivity index (χ1) is 10.6. The quantitative estimate of drug-likeness (QED) is 0.943. The van der Waals surface area contributed by atoms with Gasteiger partial charge < -0.3 is 9.73 Å². The maximum atomic E-state index is 11.8. The first kappa shape index (κ1) is 15.0. The van der Waals surface area contributed by atoms with Crippen LogP contribution in [0.15, 0.2) is 39.7 Å². The first-order valence-corrected chi connectivity index (χ1v) is 7.99.